The van der Waals surface area contributed by atoms with Gasteiger partial charge in [0.1, 0.15) is 0 Å². The lowest BCUT2D eigenvalue weighted by molar-refractivity contribution is -0.126. The molecule has 0 saturated heterocycles. The van der Waals surface area contributed by atoms with Crippen molar-refractivity contribution in [1.29, 1.82) is 0 Å². The SMILES string of the molecule is Cc1ccc(NC(=O)CN(C)C(C)C(=O)NC2CC2)cc1. The summed E-state index contributed by atoms with van der Waals surface area (Å²) in [7, 11) is 1.78. The quantitative estimate of drug-likeness (QED) is 0.835. The van der Waals surface area contributed by atoms with Gasteiger partial charge < -0.3 is 10.6 Å². The van der Waals surface area contributed by atoms with Crippen LogP contribution >= 0.6 is 0 Å². The number of carbonyl (C=O) groups excluding carboxylic acids is 2. The molecule has 0 spiro atoms. The minimum atomic E-state index is -0.311. The van der Waals surface area contributed by atoms with Gasteiger partial charge in [0.25, 0.3) is 0 Å². The minimum Gasteiger partial charge on any atom is -0.352 e. The van der Waals surface area contributed by atoms with Gasteiger partial charge in [-0.15, -0.1) is 0 Å². The van der Waals surface area contributed by atoms with Crippen molar-refractivity contribution in [2.24, 2.45) is 0 Å². The van der Waals surface area contributed by atoms with Gasteiger partial charge in [0.05, 0.1) is 12.6 Å². The van der Waals surface area contributed by atoms with Crippen LogP contribution in [0.1, 0.15) is 25.3 Å². The molecule has 1 unspecified atom stereocenters. The minimum absolute atomic E-state index is 0.0110. The van der Waals surface area contributed by atoms with E-state index in [4.69, 9.17) is 0 Å². The molecule has 114 valence electrons. The fourth-order valence-corrected chi connectivity index (χ4v) is 1.95. The summed E-state index contributed by atoms with van der Waals surface area (Å²) in [6.45, 7) is 4.00. The van der Waals surface area contributed by atoms with Gasteiger partial charge in [-0.05, 0) is 45.9 Å². The van der Waals surface area contributed by atoms with E-state index in [1.54, 1.807) is 11.9 Å². The van der Waals surface area contributed by atoms with E-state index in [2.05, 4.69) is 10.6 Å². The largest absolute Gasteiger partial charge is 0.352 e. The van der Waals surface area contributed by atoms with Crippen LogP contribution in [-0.2, 0) is 9.59 Å². The van der Waals surface area contributed by atoms with Gasteiger partial charge in [0, 0.05) is 11.7 Å². The third kappa shape index (κ3) is 4.86. The van der Waals surface area contributed by atoms with Crippen LogP contribution < -0.4 is 10.6 Å². The van der Waals surface area contributed by atoms with Crippen molar-refractivity contribution in [3.05, 3.63) is 29.8 Å². The van der Waals surface area contributed by atoms with Crippen molar-refractivity contribution in [3.8, 4) is 0 Å². The number of hydrogen-bond donors (Lipinski definition) is 2. The highest BCUT2D eigenvalue weighted by molar-refractivity contribution is 5.92. The molecular weight excluding hydrogens is 266 g/mol. The van der Waals surface area contributed by atoms with Gasteiger partial charge >= 0.3 is 0 Å². The summed E-state index contributed by atoms with van der Waals surface area (Å²) in [4.78, 5) is 25.7. The summed E-state index contributed by atoms with van der Waals surface area (Å²) in [6, 6.07) is 7.67. The van der Waals surface area contributed by atoms with E-state index < -0.39 is 0 Å². The maximum atomic E-state index is 12.0. The number of rotatable bonds is 6. The lowest BCUT2D eigenvalue weighted by atomic mass is 10.2. The molecule has 1 aliphatic rings. The number of benzene rings is 1. The van der Waals surface area contributed by atoms with Crippen LogP contribution in [0.4, 0.5) is 5.69 Å². The molecule has 5 nitrogen and oxygen atoms in total. The third-order valence-electron chi connectivity index (χ3n) is 3.69. The Morgan fingerprint density at radius 2 is 1.90 bits per heavy atom. The lowest BCUT2D eigenvalue weighted by Gasteiger charge is -2.23. The third-order valence-corrected chi connectivity index (χ3v) is 3.69. The van der Waals surface area contributed by atoms with Crippen LogP contribution in [0, 0.1) is 6.92 Å². The van der Waals surface area contributed by atoms with Gasteiger partial charge in [-0.3, -0.25) is 14.5 Å². The Bertz CT molecular complexity index is 509. The Hall–Kier alpha value is -1.88. The average molecular weight is 289 g/mol. The number of likely N-dealkylation sites (N-methyl/N-ethyl adjacent to an activating group) is 1. The highest BCUT2D eigenvalue weighted by Crippen LogP contribution is 2.19. The first kappa shape index (κ1) is 15.5. The normalized spacial score (nSPS) is 15.6. The van der Waals surface area contributed by atoms with Crippen LogP contribution in [0.5, 0.6) is 0 Å². The zero-order chi connectivity index (χ0) is 15.4. The Kier molecular flexibility index (Phi) is 4.96. The van der Waals surface area contributed by atoms with E-state index >= 15 is 0 Å². The van der Waals surface area contributed by atoms with Crippen molar-refractivity contribution < 1.29 is 9.59 Å². The Balaban J connectivity index is 1.80. The number of hydrogen-bond acceptors (Lipinski definition) is 3. The fourth-order valence-electron chi connectivity index (χ4n) is 1.95. The highest BCUT2D eigenvalue weighted by atomic mass is 16.2. The number of carbonyl (C=O) groups is 2. The van der Waals surface area contributed by atoms with E-state index in [1.807, 2.05) is 38.1 Å². The molecule has 2 amide bonds. The second-order valence-corrected chi connectivity index (χ2v) is 5.79. The molecule has 2 N–H and O–H groups in total. The summed E-state index contributed by atoms with van der Waals surface area (Å²) in [5.74, 6) is -0.129. The van der Waals surface area contributed by atoms with Crippen molar-refractivity contribution >= 4 is 17.5 Å². The predicted molar refractivity (Wildman–Crippen MR) is 83.1 cm³/mol. The van der Waals surface area contributed by atoms with Crippen molar-refractivity contribution in [2.75, 3.05) is 18.9 Å². The van der Waals surface area contributed by atoms with Crippen LogP contribution in [0.25, 0.3) is 0 Å². The van der Waals surface area contributed by atoms with Crippen LogP contribution in [0.15, 0.2) is 24.3 Å². The second kappa shape index (κ2) is 6.72. The molecule has 0 radical (unpaired) electrons. The number of aryl methyl sites for hydroxylation is 1. The summed E-state index contributed by atoms with van der Waals surface area (Å²) in [5.41, 5.74) is 1.92. The average Bonchev–Trinajstić information content (AvgIpc) is 3.24. The maximum Gasteiger partial charge on any atom is 0.238 e. The first-order valence-corrected chi connectivity index (χ1v) is 7.33. The molecule has 1 aromatic carbocycles. The highest BCUT2D eigenvalue weighted by Gasteiger charge is 2.27. The first-order valence-electron chi connectivity index (χ1n) is 7.33. The molecule has 1 aromatic rings. The van der Waals surface area contributed by atoms with Crippen LogP contribution in [0.2, 0.25) is 0 Å². The molecule has 0 aromatic heterocycles. The summed E-state index contributed by atoms with van der Waals surface area (Å²) in [5, 5.41) is 5.79. The molecular formula is C16H23N3O2. The fraction of sp³-hybridized carbons (Fsp3) is 0.500. The Morgan fingerprint density at radius 1 is 1.29 bits per heavy atom. The van der Waals surface area contributed by atoms with E-state index in [1.165, 1.54) is 0 Å². The Morgan fingerprint density at radius 3 is 2.48 bits per heavy atom. The molecule has 21 heavy (non-hydrogen) atoms. The number of amides is 2. The van der Waals surface area contributed by atoms with E-state index in [0.29, 0.717) is 6.04 Å². The first-order chi connectivity index (χ1) is 9.95. The standard InChI is InChI=1S/C16H23N3O2/c1-11-4-6-13(7-5-11)17-15(20)10-19(3)12(2)16(21)18-14-8-9-14/h4-7,12,14H,8-10H2,1-3H3,(H,17,20)(H,18,21). The predicted octanol–water partition coefficient (Wildman–Crippen LogP) is 1.53. The van der Waals surface area contributed by atoms with Gasteiger partial charge in [0.15, 0.2) is 0 Å². The lowest BCUT2D eigenvalue weighted by Crippen LogP contribution is -2.46. The zero-order valence-corrected chi connectivity index (χ0v) is 12.8. The van der Waals surface area contributed by atoms with Gasteiger partial charge in [-0.2, -0.15) is 0 Å². The maximum absolute atomic E-state index is 12.0. The van der Waals surface area contributed by atoms with Crippen molar-refractivity contribution in [3.63, 3.8) is 0 Å². The molecule has 0 heterocycles. The summed E-state index contributed by atoms with van der Waals surface area (Å²) in [6.07, 6.45) is 2.13. The van der Waals surface area contributed by atoms with Crippen LogP contribution in [-0.4, -0.2) is 42.4 Å². The molecule has 1 aliphatic carbocycles. The Labute approximate surface area is 125 Å². The zero-order valence-electron chi connectivity index (χ0n) is 12.8. The second-order valence-electron chi connectivity index (χ2n) is 5.79. The molecule has 2 rings (SSSR count). The van der Waals surface area contributed by atoms with E-state index in [0.717, 1.165) is 24.1 Å². The topological polar surface area (TPSA) is 61.4 Å². The van der Waals surface area contributed by atoms with Crippen molar-refractivity contribution in [1.82, 2.24) is 10.2 Å². The van der Waals surface area contributed by atoms with Crippen molar-refractivity contribution in [2.45, 2.75) is 38.8 Å². The smallest absolute Gasteiger partial charge is 0.238 e. The van der Waals surface area contributed by atoms with E-state index in [9.17, 15) is 9.59 Å². The summed E-state index contributed by atoms with van der Waals surface area (Å²) < 4.78 is 0. The summed E-state index contributed by atoms with van der Waals surface area (Å²) >= 11 is 0. The monoisotopic (exact) mass is 289 g/mol. The van der Waals surface area contributed by atoms with Crippen LogP contribution in [0.3, 0.4) is 0 Å². The molecule has 0 bridgehead atoms. The molecule has 1 saturated carbocycles. The molecule has 0 aliphatic heterocycles. The van der Waals surface area contributed by atoms with Gasteiger partial charge in [0.2, 0.25) is 11.8 Å². The van der Waals surface area contributed by atoms with Gasteiger partial charge in [-0.1, -0.05) is 17.7 Å². The number of anilines is 1. The number of nitrogens with one attached hydrogen (secondary N) is 2. The van der Waals surface area contributed by atoms with E-state index in [-0.39, 0.29) is 24.4 Å². The number of nitrogens with zero attached hydrogens (tertiary/aromatic N) is 1. The molecule has 1 fully saturated rings. The van der Waals surface area contributed by atoms with Gasteiger partial charge in [-0.25, -0.2) is 0 Å². The molecule has 5 heteroatoms. The molecule has 1 atom stereocenters.